The lowest BCUT2D eigenvalue weighted by Gasteiger charge is -2.40. The second kappa shape index (κ2) is 7.37. The number of halogens is 1. The fourth-order valence-electron chi connectivity index (χ4n) is 2.96. The van der Waals surface area contributed by atoms with Gasteiger partial charge in [-0.05, 0) is 24.7 Å². The summed E-state index contributed by atoms with van der Waals surface area (Å²) in [6.45, 7) is 8.22. The van der Waals surface area contributed by atoms with E-state index in [1.165, 1.54) is 19.3 Å². The Morgan fingerprint density at radius 2 is 2.06 bits per heavy atom. The summed E-state index contributed by atoms with van der Waals surface area (Å²) in [4.78, 5) is 14.7. The molecule has 3 heteroatoms. The van der Waals surface area contributed by atoms with Gasteiger partial charge in [-0.25, -0.2) is 0 Å². The van der Waals surface area contributed by atoms with Crippen LogP contribution in [0.15, 0.2) is 0 Å². The molecule has 1 unspecified atom stereocenters. The lowest BCUT2D eigenvalue weighted by molar-refractivity contribution is -0.141. The van der Waals surface area contributed by atoms with Crippen molar-refractivity contribution < 1.29 is 4.79 Å². The number of carbonyl (C=O) groups is 1. The van der Waals surface area contributed by atoms with Gasteiger partial charge >= 0.3 is 0 Å². The molecule has 0 aromatic carbocycles. The van der Waals surface area contributed by atoms with Crippen molar-refractivity contribution in [3.63, 3.8) is 0 Å². The molecule has 106 valence electrons. The van der Waals surface area contributed by atoms with Crippen molar-refractivity contribution in [1.82, 2.24) is 4.90 Å². The van der Waals surface area contributed by atoms with Gasteiger partial charge < -0.3 is 4.90 Å². The van der Waals surface area contributed by atoms with Gasteiger partial charge in [0.25, 0.3) is 0 Å². The van der Waals surface area contributed by atoms with Crippen molar-refractivity contribution in [2.24, 2.45) is 11.3 Å². The second-order valence-electron chi connectivity index (χ2n) is 6.15. The Bertz CT molecular complexity index is 265. The van der Waals surface area contributed by atoms with E-state index in [0.717, 1.165) is 25.8 Å². The smallest absolute Gasteiger partial charge is 0.226 e. The largest absolute Gasteiger partial charge is 0.341 e. The molecule has 1 fully saturated rings. The maximum absolute atomic E-state index is 12.7. The number of unbranched alkanes of at least 4 members (excludes halogenated alkanes) is 1. The normalized spacial score (nSPS) is 22.8. The van der Waals surface area contributed by atoms with Gasteiger partial charge in [-0.2, -0.15) is 0 Å². The molecule has 0 bridgehead atoms. The fourth-order valence-corrected chi connectivity index (χ4v) is 3.16. The van der Waals surface area contributed by atoms with Crippen LogP contribution in [0.4, 0.5) is 0 Å². The van der Waals surface area contributed by atoms with E-state index in [9.17, 15) is 4.79 Å². The Kier molecular flexibility index (Phi) is 6.48. The SMILES string of the molecule is CCCCN(CCCl)C(=O)C1CCCCC1(C)C. The number of amides is 1. The van der Waals surface area contributed by atoms with Gasteiger partial charge in [-0.15, -0.1) is 11.6 Å². The Hall–Kier alpha value is -0.240. The number of alkyl halides is 1. The molecule has 0 N–H and O–H groups in total. The summed E-state index contributed by atoms with van der Waals surface area (Å²) >= 11 is 5.84. The number of carbonyl (C=O) groups excluding carboxylic acids is 1. The van der Waals surface area contributed by atoms with Crippen LogP contribution in [-0.4, -0.2) is 29.8 Å². The zero-order valence-electron chi connectivity index (χ0n) is 12.2. The molecule has 1 rings (SSSR count). The second-order valence-corrected chi connectivity index (χ2v) is 6.53. The summed E-state index contributed by atoms with van der Waals surface area (Å²) in [6, 6.07) is 0. The molecule has 0 saturated heterocycles. The molecule has 0 aliphatic heterocycles. The van der Waals surface area contributed by atoms with Gasteiger partial charge in [0.2, 0.25) is 5.91 Å². The zero-order valence-corrected chi connectivity index (χ0v) is 12.9. The maximum Gasteiger partial charge on any atom is 0.226 e. The van der Waals surface area contributed by atoms with E-state index in [1.807, 2.05) is 4.90 Å². The molecule has 0 heterocycles. The van der Waals surface area contributed by atoms with Crippen LogP contribution in [0.5, 0.6) is 0 Å². The van der Waals surface area contributed by atoms with Crippen molar-refractivity contribution in [1.29, 1.82) is 0 Å². The predicted octanol–water partition coefficient (Wildman–Crippen LogP) is 4.07. The van der Waals surface area contributed by atoms with Gasteiger partial charge in [-0.1, -0.05) is 40.0 Å². The quantitative estimate of drug-likeness (QED) is 0.668. The van der Waals surface area contributed by atoms with Crippen molar-refractivity contribution in [2.45, 2.75) is 59.3 Å². The Morgan fingerprint density at radius 1 is 1.33 bits per heavy atom. The van der Waals surface area contributed by atoms with Crippen LogP contribution in [-0.2, 0) is 4.79 Å². The molecule has 0 spiro atoms. The first kappa shape index (κ1) is 15.8. The van der Waals surface area contributed by atoms with Gasteiger partial charge in [0.05, 0.1) is 0 Å². The van der Waals surface area contributed by atoms with Crippen LogP contribution in [0.25, 0.3) is 0 Å². The highest BCUT2D eigenvalue weighted by molar-refractivity contribution is 6.18. The molecule has 2 nitrogen and oxygen atoms in total. The summed E-state index contributed by atoms with van der Waals surface area (Å²) in [6.07, 6.45) is 6.89. The van der Waals surface area contributed by atoms with E-state index in [2.05, 4.69) is 20.8 Å². The summed E-state index contributed by atoms with van der Waals surface area (Å²) in [5.74, 6) is 1.09. The third kappa shape index (κ3) is 4.15. The molecule has 1 saturated carbocycles. The van der Waals surface area contributed by atoms with Gasteiger partial charge in [0.1, 0.15) is 0 Å². The Morgan fingerprint density at radius 3 is 2.61 bits per heavy atom. The topological polar surface area (TPSA) is 20.3 Å². The van der Waals surface area contributed by atoms with Gasteiger partial charge in [0, 0.05) is 24.9 Å². The van der Waals surface area contributed by atoms with E-state index in [4.69, 9.17) is 11.6 Å². The summed E-state index contributed by atoms with van der Waals surface area (Å²) in [5.41, 5.74) is 0.159. The summed E-state index contributed by atoms with van der Waals surface area (Å²) < 4.78 is 0. The Labute approximate surface area is 117 Å². The van der Waals surface area contributed by atoms with Gasteiger partial charge in [0.15, 0.2) is 0 Å². The first-order valence-electron chi connectivity index (χ1n) is 7.37. The Balaban J connectivity index is 2.67. The van der Waals surface area contributed by atoms with Crippen molar-refractivity contribution >= 4 is 17.5 Å². The number of hydrogen-bond acceptors (Lipinski definition) is 1. The third-order valence-electron chi connectivity index (χ3n) is 4.25. The minimum atomic E-state index is 0.159. The predicted molar refractivity (Wildman–Crippen MR) is 77.9 cm³/mol. The van der Waals surface area contributed by atoms with Crippen LogP contribution in [0.1, 0.15) is 59.3 Å². The molecular weight excluding hydrogens is 246 g/mol. The highest BCUT2D eigenvalue weighted by Gasteiger charge is 2.38. The minimum absolute atomic E-state index is 0.159. The average Bonchev–Trinajstić information content (AvgIpc) is 2.33. The van der Waals surface area contributed by atoms with Crippen LogP contribution >= 0.6 is 11.6 Å². The highest BCUT2D eigenvalue weighted by Crippen LogP contribution is 2.41. The first-order chi connectivity index (χ1) is 8.53. The van der Waals surface area contributed by atoms with Crippen molar-refractivity contribution in [3.05, 3.63) is 0 Å². The van der Waals surface area contributed by atoms with Crippen LogP contribution in [0.2, 0.25) is 0 Å². The van der Waals surface area contributed by atoms with Crippen LogP contribution in [0, 0.1) is 11.3 Å². The molecule has 0 radical (unpaired) electrons. The number of rotatable bonds is 6. The molecule has 1 atom stereocenters. The van der Waals surface area contributed by atoms with E-state index in [0.29, 0.717) is 18.3 Å². The monoisotopic (exact) mass is 273 g/mol. The number of hydrogen-bond donors (Lipinski definition) is 0. The van der Waals surface area contributed by atoms with Gasteiger partial charge in [-0.3, -0.25) is 4.79 Å². The van der Waals surface area contributed by atoms with Crippen LogP contribution < -0.4 is 0 Å². The third-order valence-corrected chi connectivity index (χ3v) is 4.42. The molecule has 0 aromatic heterocycles. The van der Waals surface area contributed by atoms with Crippen molar-refractivity contribution in [2.75, 3.05) is 19.0 Å². The number of nitrogens with zero attached hydrogens (tertiary/aromatic N) is 1. The zero-order chi connectivity index (χ0) is 13.6. The molecular formula is C15H28ClNO. The van der Waals surface area contributed by atoms with E-state index in [-0.39, 0.29) is 11.3 Å². The molecule has 1 amide bonds. The standard InChI is InChI=1S/C15H28ClNO/c1-4-5-11-17(12-10-16)14(18)13-8-6-7-9-15(13,2)3/h13H,4-12H2,1-3H3. The lowest BCUT2D eigenvalue weighted by atomic mass is 9.68. The van der Waals surface area contributed by atoms with E-state index < -0.39 is 0 Å². The summed E-state index contributed by atoms with van der Waals surface area (Å²) in [5, 5.41) is 0. The average molecular weight is 274 g/mol. The fraction of sp³-hybridized carbons (Fsp3) is 0.933. The lowest BCUT2D eigenvalue weighted by Crippen LogP contribution is -2.44. The van der Waals surface area contributed by atoms with E-state index >= 15 is 0 Å². The maximum atomic E-state index is 12.7. The molecule has 18 heavy (non-hydrogen) atoms. The minimum Gasteiger partial charge on any atom is -0.341 e. The summed E-state index contributed by atoms with van der Waals surface area (Å²) in [7, 11) is 0. The highest BCUT2D eigenvalue weighted by atomic mass is 35.5. The first-order valence-corrected chi connectivity index (χ1v) is 7.91. The van der Waals surface area contributed by atoms with Crippen molar-refractivity contribution in [3.8, 4) is 0 Å². The van der Waals surface area contributed by atoms with Crippen LogP contribution in [0.3, 0.4) is 0 Å². The van der Waals surface area contributed by atoms with E-state index in [1.54, 1.807) is 0 Å². The molecule has 1 aliphatic rings. The molecule has 0 aromatic rings. The molecule has 1 aliphatic carbocycles.